The highest BCUT2D eigenvalue weighted by atomic mass is 16.5. The summed E-state index contributed by atoms with van der Waals surface area (Å²) in [6.45, 7) is 7.18. The second-order valence-corrected chi connectivity index (χ2v) is 3.20. The first-order valence-electron chi connectivity index (χ1n) is 5.50. The Morgan fingerprint density at radius 3 is 2.35 bits per heavy atom. The van der Waals surface area contributed by atoms with Crippen molar-refractivity contribution in [1.82, 2.24) is 0 Å². The number of ether oxygens (including phenoxy) is 1. The molecule has 0 atom stereocenters. The lowest BCUT2D eigenvalue weighted by atomic mass is 10.1. The number of aldehydes is 1. The first-order valence-corrected chi connectivity index (χ1v) is 5.50. The van der Waals surface area contributed by atoms with Crippen LogP contribution in [0.5, 0.6) is 5.75 Å². The van der Waals surface area contributed by atoms with Crippen LogP contribution in [0.15, 0.2) is 12.1 Å². The molecule has 1 aromatic rings. The molecule has 0 radical (unpaired) electrons. The lowest BCUT2D eigenvalue weighted by molar-refractivity contribution is -0.114. The molecule has 1 N–H and O–H groups in total. The van der Waals surface area contributed by atoms with E-state index in [-0.39, 0.29) is 5.91 Å². The van der Waals surface area contributed by atoms with Crippen molar-refractivity contribution in [2.24, 2.45) is 0 Å². The van der Waals surface area contributed by atoms with E-state index in [0.29, 0.717) is 17.0 Å². The highest BCUT2D eigenvalue weighted by Crippen LogP contribution is 2.25. The maximum atomic E-state index is 10.9. The normalized spacial score (nSPS) is 8.76. The molecule has 4 heteroatoms. The van der Waals surface area contributed by atoms with Crippen molar-refractivity contribution >= 4 is 17.9 Å². The number of methoxy groups -OCH3 is 1. The molecule has 0 heterocycles. The lowest BCUT2D eigenvalue weighted by Crippen LogP contribution is -2.09. The van der Waals surface area contributed by atoms with Crippen LogP contribution in [-0.4, -0.2) is 19.3 Å². The minimum Gasteiger partial charge on any atom is -0.497 e. The molecule has 1 amide bonds. The van der Waals surface area contributed by atoms with E-state index in [1.165, 1.54) is 14.0 Å². The predicted molar refractivity (Wildman–Crippen MR) is 68.8 cm³/mol. The second kappa shape index (κ2) is 7.44. The molecular formula is C13H19NO3. The molecule has 0 saturated heterocycles. The highest BCUT2D eigenvalue weighted by Gasteiger charge is 2.08. The fourth-order valence-corrected chi connectivity index (χ4v) is 1.33. The van der Waals surface area contributed by atoms with Gasteiger partial charge in [-0.05, 0) is 18.6 Å². The van der Waals surface area contributed by atoms with Crippen LogP contribution in [0.25, 0.3) is 0 Å². The minimum absolute atomic E-state index is 0.217. The van der Waals surface area contributed by atoms with Crippen molar-refractivity contribution in [3.8, 4) is 5.75 Å². The van der Waals surface area contributed by atoms with Gasteiger partial charge in [-0.2, -0.15) is 0 Å². The van der Waals surface area contributed by atoms with Crippen LogP contribution in [0.4, 0.5) is 5.69 Å². The van der Waals surface area contributed by atoms with Crippen LogP contribution in [0.1, 0.15) is 36.7 Å². The largest absolute Gasteiger partial charge is 0.497 e. The summed E-state index contributed by atoms with van der Waals surface area (Å²) in [6, 6.07) is 3.37. The van der Waals surface area contributed by atoms with E-state index < -0.39 is 0 Å². The Morgan fingerprint density at radius 2 is 1.94 bits per heavy atom. The van der Waals surface area contributed by atoms with Crippen molar-refractivity contribution in [3.05, 3.63) is 23.3 Å². The first-order chi connectivity index (χ1) is 8.08. The summed E-state index contributed by atoms with van der Waals surface area (Å²) in [5.74, 6) is 0.396. The number of rotatable bonds is 3. The lowest BCUT2D eigenvalue weighted by Gasteiger charge is -2.10. The molecule has 0 fully saturated rings. The van der Waals surface area contributed by atoms with Gasteiger partial charge in [-0.1, -0.05) is 13.8 Å². The zero-order chi connectivity index (χ0) is 13.4. The van der Waals surface area contributed by atoms with Crippen molar-refractivity contribution < 1.29 is 14.3 Å². The Balaban J connectivity index is 0.00000121. The summed E-state index contributed by atoms with van der Waals surface area (Å²) >= 11 is 0. The van der Waals surface area contributed by atoms with Crippen LogP contribution < -0.4 is 10.1 Å². The van der Waals surface area contributed by atoms with E-state index in [1.54, 1.807) is 19.1 Å². The smallest absolute Gasteiger partial charge is 0.221 e. The van der Waals surface area contributed by atoms with Crippen molar-refractivity contribution in [2.75, 3.05) is 12.4 Å². The maximum Gasteiger partial charge on any atom is 0.221 e. The molecule has 94 valence electrons. The SMILES string of the molecule is CC.COc1cc(C)c(C=O)c(NC(C)=O)c1. The fourth-order valence-electron chi connectivity index (χ4n) is 1.33. The van der Waals surface area contributed by atoms with Crippen LogP contribution in [0, 0.1) is 6.92 Å². The Labute approximate surface area is 102 Å². The van der Waals surface area contributed by atoms with Gasteiger partial charge >= 0.3 is 0 Å². The van der Waals surface area contributed by atoms with Crippen molar-refractivity contribution in [2.45, 2.75) is 27.7 Å². The molecule has 17 heavy (non-hydrogen) atoms. The molecule has 4 nitrogen and oxygen atoms in total. The number of hydrogen-bond donors (Lipinski definition) is 1. The van der Waals surface area contributed by atoms with Gasteiger partial charge in [0.15, 0.2) is 6.29 Å². The Hall–Kier alpha value is -1.84. The first kappa shape index (κ1) is 15.2. The number of nitrogens with one attached hydrogen (secondary N) is 1. The van der Waals surface area contributed by atoms with Crippen molar-refractivity contribution in [1.29, 1.82) is 0 Å². The predicted octanol–water partition coefficient (Wildman–Crippen LogP) is 2.80. The molecule has 0 aromatic heterocycles. The van der Waals surface area contributed by atoms with Crippen molar-refractivity contribution in [3.63, 3.8) is 0 Å². The van der Waals surface area contributed by atoms with Gasteiger partial charge in [0.05, 0.1) is 12.8 Å². The van der Waals surface area contributed by atoms with Gasteiger partial charge in [-0.15, -0.1) is 0 Å². The Bertz CT molecular complexity index is 400. The van der Waals surface area contributed by atoms with Gasteiger partial charge in [0.1, 0.15) is 5.75 Å². The van der Waals surface area contributed by atoms with Gasteiger partial charge in [0, 0.05) is 18.6 Å². The number of carbonyl (C=O) groups is 2. The highest BCUT2D eigenvalue weighted by molar-refractivity contribution is 5.96. The number of anilines is 1. The number of benzene rings is 1. The number of amides is 1. The fraction of sp³-hybridized carbons (Fsp3) is 0.385. The summed E-state index contributed by atoms with van der Waals surface area (Å²) in [5, 5.41) is 2.59. The Kier molecular flexibility index (Phi) is 6.63. The molecule has 1 aromatic carbocycles. The van der Waals surface area contributed by atoms with E-state index >= 15 is 0 Å². The zero-order valence-corrected chi connectivity index (χ0v) is 11.0. The number of hydrogen-bond acceptors (Lipinski definition) is 3. The standard InChI is InChI=1S/C11H13NO3.C2H6/c1-7-4-9(15-3)5-11(10(7)6-13)12-8(2)14;1-2/h4-6H,1-3H3,(H,12,14);1-2H3. The summed E-state index contributed by atoms with van der Waals surface area (Å²) in [4.78, 5) is 21.8. The van der Waals surface area contributed by atoms with Gasteiger partial charge in [0.25, 0.3) is 0 Å². The van der Waals surface area contributed by atoms with Gasteiger partial charge in [-0.3, -0.25) is 9.59 Å². The topological polar surface area (TPSA) is 55.4 Å². The van der Waals surface area contributed by atoms with E-state index in [2.05, 4.69) is 5.32 Å². The van der Waals surface area contributed by atoms with Crippen LogP contribution >= 0.6 is 0 Å². The van der Waals surface area contributed by atoms with E-state index in [4.69, 9.17) is 4.74 Å². The van der Waals surface area contributed by atoms with Crippen LogP contribution in [0.2, 0.25) is 0 Å². The Morgan fingerprint density at radius 1 is 1.35 bits per heavy atom. The third-order valence-electron chi connectivity index (χ3n) is 2.02. The monoisotopic (exact) mass is 237 g/mol. The molecule has 0 bridgehead atoms. The minimum atomic E-state index is -0.217. The van der Waals surface area contributed by atoms with E-state index in [9.17, 15) is 9.59 Å². The molecule has 0 spiro atoms. The average molecular weight is 237 g/mol. The summed E-state index contributed by atoms with van der Waals surface area (Å²) in [6.07, 6.45) is 0.722. The molecule has 0 aliphatic heterocycles. The second-order valence-electron chi connectivity index (χ2n) is 3.20. The molecule has 0 aliphatic rings. The number of aryl methyl sites for hydroxylation is 1. The van der Waals surface area contributed by atoms with Gasteiger partial charge in [-0.25, -0.2) is 0 Å². The van der Waals surface area contributed by atoms with E-state index in [1.807, 2.05) is 13.8 Å². The van der Waals surface area contributed by atoms with Gasteiger partial charge < -0.3 is 10.1 Å². The zero-order valence-electron chi connectivity index (χ0n) is 11.0. The molecule has 1 rings (SSSR count). The third-order valence-corrected chi connectivity index (χ3v) is 2.02. The van der Waals surface area contributed by atoms with E-state index in [0.717, 1.165) is 11.8 Å². The molecule has 0 unspecified atom stereocenters. The molecule has 0 aliphatic carbocycles. The molecular weight excluding hydrogens is 218 g/mol. The van der Waals surface area contributed by atoms with Crippen LogP contribution in [0.3, 0.4) is 0 Å². The summed E-state index contributed by atoms with van der Waals surface area (Å²) in [7, 11) is 1.53. The number of carbonyl (C=O) groups excluding carboxylic acids is 2. The third kappa shape index (κ3) is 4.26. The maximum absolute atomic E-state index is 10.9. The van der Waals surface area contributed by atoms with Gasteiger partial charge in [0.2, 0.25) is 5.91 Å². The van der Waals surface area contributed by atoms with Crippen LogP contribution in [-0.2, 0) is 4.79 Å². The quantitative estimate of drug-likeness (QED) is 0.822. The molecule has 0 saturated carbocycles. The summed E-state index contributed by atoms with van der Waals surface area (Å²) in [5.41, 5.74) is 1.73. The summed E-state index contributed by atoms with van der Waals surface area (Å²) < 4.78 is 5.05. The average Bonchev–Trinajstić information content (AvgIpc) is 2.30.